The standard InChI is InChI=1S/C16H23F3N4/c1-12-3-5-14(6-4-12)23-10-7-13(11-23)22-15(20-2)21-9-8-16(17,18)19/h3-6,13H,7-11H2,1-2H3,(H2,20,21,22). The van der Waals surface area contributed by atoms with Crippen LogP contribution < -0.4 is 15.5 Å². The van der Waals surface area contributed by atoms with Crippen LogP contribution in [0.5, 0.6) is 0 Å². The summed E-state index contributed by atoms with van der Waals surface area (Å²) in [5.74, 6) is 0.421. The van der Waals surface area contributed by atoms with Crippen LogP contribution in [-0.4, -0.2) is 44.9 Å². The summed E-state index contributed by atoms with van der Waals surface area (Å²) < 4.78 is 36.5. The zero-order valence-electron chi connectivity index (χ0n) is 13.5. The minimum atomic E-state index is -4.15. The molecule has 0 bridgehead atoms. The van der Waals surface area contributed by atoms with Gasteiger partial charge in [0, 0.05) is 38.4 Å². The van der Waals surface area contributed by atoms with E-state index in [2.05, 4.69) is 51.7 Å². The fourth-order valence-electron chi connectivity index (χ4n) is 2.58. The lowest BCUT2D eigenvalue weighted by molar-refractivity contribution is -0.132. The zero-order chi connectivity index (χ0) is 16.9. The minimum Gasteiger partial charge on any atom is -0.369 e. The highest BCUT2D eigenvalue weighted by Gasteiger charge is 2.27. The van der Waals surface area contributed by atoms with E-state index in [9.17, 15) is 13.2 Å². The van der Waals surface area contributed by atoms with Crippen LogP contribution in [0.3, 0.4) is 0 Å². The number of anilines is 1. The van der Waals surface area contributed by atoms with E-state index in [0.717, 1.165) is 19.5 Å². The number of nitrogens with one attached hydrogen (secondary N) is 2. The molecule has 0 spiro atoms. The lowest BCUT2D eigenvalue weighted by atomic mass is 10.2. The van der Waals surface area contributed by atoms with Crippen LogP contribution in [0.4, 0.5) is 18.9 Å². The first-order valence-electron chi connectivity index (χ1n) is 7.73. The van der Waals surface area contributed by atoms with Crippen LogP contribution in [0, 0.1) is 6.92 Å². The largest absolute Gasteiger partial charge is 0.390 e. The predicted molar refractivity (Wildman–Crippen MR) is 87.0 cm³/mol. The molecule has 2 N–H and O–H groups in total. The molecule has 0 saturated carbocycles. The van der Waals surface area contributed by atoms with E-state index in [-0.39, 0.29) is 12.6 Å². The number of aliphatic imine (C=N–C) groups is 1. The summed E-state index contributed by atoms with van der Waals surface area (Å²) in [6, 6.07) is 8.51. The normalized spacial score (nSPS) is 19.1. The SMILES string of the molecule is CN=C(NCCC(F)(F)F)NC1CCN(c2ccc(C)cc2)C1. The third kappa shape index (κ3) is 5.65. The highest BCUT2D eigenvalue weighted by atomic mass is 19.4. The summed E-state index contributed by atoms with van der Waals surface area (Å²) in [7, 11) is 1.57. The first kappa shape index (κ1) is 17.4. The molecule has 1 aromatic rings. The highest BCUT2D eigenvalue weighted by Crippen LogP contribution is 2.21. The maximum absolute atomic E-state index is 12.2. The van der Waals surface area contributed by atoms with Crippen molar-refractivity contribution in [1.82, 2.24) is 10.6 Å². The molecule has 0 aromatic heterocycles. The second kappa shape index (κ2) is 7.57. The second-order valence-corrected chi connectivity index (χ2v) is 5.78. The van der Waals surface area contributed by atoms with Crippen LogP contribution in [0.2, 0.25) is 0 Å². The summed E-state index contributed by atoms with van der Waals surface area (Å²) >= 11 is 0. The monoisotopic (exact) mass is 328 g/mol. The number of guanidine groups is 1. The predicted octanol–water partition coefficient (Wildman–Crippen LogP) is 2.69. The van der Waals surface area contributed by atoms with E-state index in [0.29, 0.717) is 5.96 Å². The van der Waals surface area contributed by atoms with Gasteiger partial charge in [-0.25, -0.2) is 0 Å². The Labute approximate surface area is 134 Å². The van der Waals surface area contributed by atoms with E-state index in [1.54, 1.807) is 7.05 Å². The third-order valence-corrected chi connectivity index (χ3v) is 3.85. The average Bonchev–Trinajstić information content (AvgIpc) is 2.94. The highest BCUT2D eigenvalue weighted by molar-refractivity contribution is 5.80. The van der Waals surface area contributed by atoms with E-state index >= 15 is 0 Å². The molecule has 23 heavy (non-hydrogen) atoms. The van der Waals surface area contributed by atoms with Gasteiger partial charge in [-0.2, -0.15) is 13.2 Å². The van der Waals surface area contributed by atoms with E-state index in [1.807, 2.05) is 0 Å². The molecule has 1 heterocycles. The summed E-state index contributed by atoms with van der Waals surface area (Å²) in [6.07, 6.45) is -4.09. The van der Waals surface area contributed by atoms with Crippen molar-refractivity contribution in [2.75, 3.05) is 31.6 Å². The van der Waals surface area contributed by atoms with Gasteiger partial charge in [-0.1, -0.05) is 17.7 Å². The van der Waals surface area contributed by atoms with Gasteiger partial charge in [-0.15, -0.1) is 0 Å². The Balaban J connectivity index is 1.80. The maximum Gasteiger partial charge on any atom is 0.390 e. The van der Waals surface area contributed by atoms with Crippen molar-refractivity contribution >= 4 is 11.6 Å². The van der Waals surface area contributed by atoms with Gasteiger partial charge in [-0.05, 0) is 25.5 Å². The molecule has 1 unspecified atom stereocenters. The van der Waals surface area contributed by atoms with Crippen LogP contribution in [0.15, 0.2) is 29.3 Å². The molecule has 1 atom stereocenters. The van der Waals surface area contributed by atoms with Gasteiger partial charge in [0.25, 0.3) is 0 Å². The molecular weight excluding hydrogens is 305 g/mol. The molecule has 0 amide bonds. The number of halogens is 3. The third-order valence-electron chi connectivity index (χ3n) is 3.85. The van der Waals surface area contributed by atoms with Crippen molar-refractivity contribution in [2.45, 2.75) is 32.0 Å². The molecule has 1 saturated heterocycles. The van der Waals surface area contributed by atoms with Gasteiger partial charge in [0.2, 0.25) is 0 Å². The van der Waals surface area contributed by atoms with E-state index in [4.69, 9.17) is 0 Å². The maximum atomic E-state index is 12.2. The van der Waals surface area contributed by atoms with Gasteiger partial charge < -0.3 is 15.5 Å². The summed E-state index contributed by atoms with van der Waals surface area (Å²) in [5, 5.41) is 5.91. The Morgan fingerprint density at radius 1 is 1.30 bits per heavy atom. The van der Waals surface area contributed by atoms with Crippen LogP contribution in [0.25, 0.3) is 0 Å². The second-order valence-electron chi connectivity index (χ2n) is 5.78. The number of rotatable bonds is 4. The van der Waals surface area contributed by atoms with Crippen molar-refractivity contribution in [3.05, 3.63) is 29.8 Å². The first-order chi connectivity index (χ1) is 10.9. The summed E-state index contributed by atoms with van der Waals surface area (Å²) in [6.45, 7) is 3.61. The molecular formula is C16H23F3N4. The molecule has 128 valence electrons. The van der Waals surface area contributed by atoms with Crippen LogP contribution in [0.1, 0.15) is 18.4 Å². The van der Waals surface area contributed by atoms with Crippen molar-refractivity contribution < 1.29 is 13.2 Å². The Morgan fingerprint density at radius 2 is 2.00 bits per heavy atom. The lowest BCUT2D eigenvalue weighted by Crippen LogP contribution is -2.45. The molecule has 1 aliphatic heterocycles. The van der Waals surface area contributed by atoms with E-state index < -0.39 is 12.6 Å². The molecule has 0 aliphatic carbocycles. The van der Waals surface area contributed by atoms with Crippen molar-refractivity contribution in [1.29, 1.82) is 0 Å². The zero-order valence-corrected chi connectivity index (χ0v) is 13.5. The number of nitrogens with zero attached hydrogens (tertiary/aromatic N) is 2. The van der Waals surface area contributed by atoms with Crippen LogP contribution in [-0.2, 0) is 0 Å². The molecule has 7 heteroatoms. The number of benzene rings is 1. The topological polar surface area (TPSA) is 39.7 Å². The smallest absolute Gasteiger partial charge is 0.369 e. The molecule has 0 radical (unpaired) electrons. The molecule has 1 fully saturated rings. The van der Waals surface area contributed by atoms with Crippen molar-refractivity contribution in [3.8, 4) is 0 Å². The minimum absolute atomic E-state index is 0.169. The number of hydrogen-bond acceptors (Lipinski definition) is 2. The Morgan fingerprint density at radius 3 is 2.61 bits per heavy atom. The quantitative estimate of drug-likeness (QED) is 0.659. The average molecular weight is 328 g/mol. The number of hydrogen-bond donors (Lipinski definition) is 2. The van der Waals surface area contributed by atoms with Gasteiger partial charge in [-0.3, -0.25) is 4.99 Å². The molecule has 1 aromatic carbocycles. The Hall–Kier alpha value is -1.92. The van der Waals surface area contributed by atoms with E-state index in [1.165, 1.54) is 11.3 Å². The molecule has 1 aliphatic rings. The molecule has 2 rings (SSSR count). The van der Waals surface area contributed by atoms with Crippen molar-refractivity contribution in [2.24, 2.45) is 4.99 Å². The van der Waals surface area contributed by atoms with Gasteiger partial charge in [0.15, 0.2) is 5.96 Å². The summed E-state index contributed by atoms with van der Waals surface area (Å²) in [5.41, 5.74) is 2.39. The summed E-state index contributed by atoms with van der Waals surface area (Å²) in [4.78, 5) is 6.25. The van der Waals surface area contributed by atoms with Crippen LogP contribution >= 0.6 is 0 Å². The van der Waals surface area contributed by atoms with Gasteiger partial charge in [0.05, 0.1) is 6.42 Å². The molecule has 4 nitrogen and oxygen atoms in total. The number of aryl methyl sites for hydroxylation is 1. The van der Waals surface area contributed by atoms with Gasteiger partial charge in [0.1, 0.15) is 0 Å². The Kier molecular flexibility index (Phi) is 5.74. The number of alkyl halides is 3. The fourth-order valence-corrected chi connectivity index (χ4v) is 2.58. The van der Waals surface area contributed by atoms with Crippen molar-refractivity contribution in [3.63, 3.8) is 0 Å². The van der Waals surface area contributed by atoms with Gasteiger partial charge >= 0.3 is 6.18 Å². The Bertz CT molecular complexity index is 525. The fraction of sp³-hybridized carbons (Fsp3) is 0.562. The lowest BCUT2D eigenvalue weighted by Gasteiger charge is -2.20. The first-order valence-corrected chi connectivity index (χ1v) is 7.73.